The maximum Gasteiger partial charge on any atom is 0.227 e. The summed E-state index contributed by atoms with van der Waals surface area (Å²) in [6, 6.07) is 2.13. The number of aryl methyl sites for hydroxylation is 1. The van der Waals surface area contributed by atoms with Crippen LogP contribution in [0.5, 0.6) is 0 Å². The van der Waals surface area contributed by atoms with Crippen molar-refractivity contribution in [3.05, 3.63) is 21.9 Å². The van der Waals surface area contributed by atoms with Crippen molar-refractivity contribution < 1.29 is 4.79 Å². The van der Waals surface area contributed by atoms with E-state index in [2.05, 4.69) is 16.8 Å². The lowest BCUT2D eigenvalue weighted by molar-refractivity contribution is -0.123. The second kappa shape index (κ2) is 7.12. The van der Waals surface area contributed by atoms with E-state index < -0.39 is 0 Å². The van der Waals surface area contributed by atoms with Crippen LogP contribution in [0.2, 0.25) is 0 Å². The monoisotopic (exact) mass is 328 g/mol. The van der Waals surface area contributed by atoms with Gasteiger partial charge in [0.1, 0.15) is 0 Å². The molecule has 1 aromatic rings. The summed E-state index contributed by atoms with van der Waals surface area (Å²) in [7, 11) is 0. The van der Waals surface area contributed by atoms with Crippen LogP contribution in [0.4, 0.5) is 0 Å². The van der Waals surface area contributed by atoms with Crippen LogP contribution in [-0.2, 0) is 11.2 Å². The third-order valence-corrected chi connectivity index (χ3v) is 5.83. The average molecular weight is 329 g/mol. The Bertz CT molecular complexity index is 482. The Morgan fingerprint density at radius 3 is 2.86 bits per heavy atom. The molecule has 1 unspecified atom stereocenters. The number of carbonyl (C=O) groups is 1. The summed E-state index contributed by atoms with van der Waals surface area (Å²) in [4.78, 5) is 13.9. The maximum absolute atomic E-state index is 12.5. The quantitative estimate of drug-likeness (QED) is 0.893. The van der Waals surface area contributed by atoms with Crippen LogP contribution in [0, 0.1) is 0 Å². The fraction of sp³-hybridized carbons (Fsp3) is 0.688. The molecule has 1 heterocycles. The molecule has 0 radical (unpaired) electrons. The summed E-state index contributed by atoms with van der Waals surface area (Å²) >= 11 is 1.79. The van der Waals surface area contributed by atoms with E-state index in [4.69, 9.17) is 5.73 Å². The van der Waals surface area contributed by atoms with Crippen LogP contribution in [-0.4, -0.2) is 18.0 Å². The summed E-state index contributed by atoms with van der Waals surface area (Å²) < 4.78 is 0. The minimum absolute atomic E-state index is 0. The van der Waals surface area contributed by atoms with Crippen LogP contribution in [0.25, 0.3) is 0 Å². The molecule has 3 nitrogen and oxygen atoms in total. The van der Waals surface area contributed by atoms with E-state index in [0.717, 1.165) is 32.1 Å². The first kappa shape index (κ1) is 16.8. The number of hydrogen-bond donors (Lipinski definition) is 2. The van der Waals surface area contributed by atoms with E-state index in [1.165, 1.54) is 29.7 Å². The van der Waals surface area contributed by atoms with E-state index in [1.807, 2.05) is 0 Å². The van der Waals surface area contributed by atoms with Crippen molar-refractivity contribution in [1.29, 1.82) is 0 Å². The zero-order valence-corrected chi connectivity index (χ0v) is 14.0. The van der Waals surface area contributed by atoms with Gasteiger partial charge in [-0.3, -0.25) is 4.79 Å². The zero-order chi connectivity index (χ0) is 14.0. The average Bonchev–Trinajstić information content (AvgIpc) is 2.94. The molecule has 2 aliphatic carbocycles. The second-order valence-corrected chi connectivity index (χ2v) is 7.39. The fourth-order valence-corrected chi connectivity index (χ4v) is 4.57. The highest BCUT2D eigenvalue weighted by Crippen LogP contribution is 2.35. The SMILES string of the molecule is Cl.NC1(CNC(=O)C2CCCc3sccc32)CCCCC1. The number of halogens is 1. The van der Waals surface area contributed by atoms with Crippen LogP contribution >= 0.6 is 23.7 Å². The molecule has 118 valence electrons. The number of hydrogen-bond acceptors (Lipinski definition) is 3. The number of carbonyl (C=O) groups excluding carboxylic acids is 1. The predicted molar refractivity (Wildman–Crippen MR) is 90.3 cm³/mol. The molecule has 2 aliphatic rings. The number of fused-ring (bicyclic) bond motifs is 1. The van der Waals surface area contributed by atoms with Crippen molar-refractivity contribution >= 4 is 29.7 Å². The number of rotatable bonds is 3. The van der Waals surface area contributed by atoms with Gasteiger partial charge in [0.15, 0.2) is 0 Å². The van der Waals surface area contributed by atoms with Crippen LogP contribution in [0.1, 0.15) is 61.3 Å². The number of nitrogens with two attached hydrogens (primary N) is 1. The molecule has 0 spiro atoms. The summed E-state index contributed by atoms with van der Waals surface area (Å²) in [6.45, 7) is 0.641. The standard InChI is InChI=1S/C16H24N2OS.ClH/c17-16(8-2-1-3-9-16)11-18-15(19)13-5-4-6-14-12(13)7-10-20-14;/h7,10,13H,1-6,8-9,11,17H2,(H,18,19);1H. The summed E-state index contributed by atoms with van der Waals surface area (Å²) in [5, 5.41) is 5.25. The molecule has 3 rings (SSSR count). The van der Waals surface area contributed by atoms with Crippen molar-refractivity contribution in [3.8, 4) is 0 Å². The molecule has 1 saturated carbocycles. The lowest BCUT2D eigenvalue weighted by Gasteiger charge is -2.34. The van der Waals surface area contributed by atoms with E-state index in [1.54, 1.807) is 11.3 Å². The molecular weight excluding hydrogens is 304 g/mol. The lowest BCUT2D eigenvalue weighted by atomic mass is 9.82. The highest BCUT2D eigenvalue weighted by Gasteiger charge is 2.31. The van der Waals surface area contributed by atoms with Gasteiger partial charge in [-0.25, -0.2) is 0 Å². The van der Waals surface area contributed by atoms with E-state index in [0.29, 0.717) is 6.54 Å². The van der Waals surface area contributed by atoms with E-state index in [-0.39, 0.29) is 29.8 Å². The molecular formula is C16H25ClN2OS. The molecule has 0 aromatic carbocycles. The second-order valence-electron chi connectivity index (χ2n) is 6.38. The minimum atomic E-state index is -0.167. The first-order valence-corrected chi connectivity index (χ1v) is 8.69. The normalized spacial score (nSPS) is 23.8. The van der Waals surface area contributed by atoms with Crippen molar-refractivity contribution in [1.82, 2.24) is 5.32 Å². The Morgan fingerprint density at radius 2 is 2.10 bits per heavy atom. The Hall–Kier alpha value is -0.580. The minimum Gasteiger partial charge on any atom is -0.354 e. The molecule has 0 bridgehead atoms. The van der Waals surface area contributed by atoms with Gasteiger partial charge in [0.25, 0.3) is 0 Å². The van der Waals surface area contributed by atoms with Crippen molar-refractivity contribution in [2.24, 2.45) is 5.73 Å². The first-order valence-electron chi connectivity index (χ1n) is 7.81. The Balaban J connectivity index is 0.00000161. The number of nitrogens with one attached hydrogen (secondary N) is 1. The zero-order valence-electron chi connectivity index (χ0n) is 12.4. The van der Waals surface area contributed by atoms with Crippen molar-refractivity contribution in [3.63, 3.8) is 0 Å². The van der Waals surface area contributed by atoms with Gasteiger partial charge in [-0.2, -0.15) is 0 Å². The molecule has 3 N–H and O–H groups in total. The highest BCUT2D eigenvalue weighted by molar-refractivity contribution is 7.10. The first-order chi connectivity index (χ1) is 9.68. The predicted octanol–water partition coefficient (Wildman–Crippen LogP) is 3.37. The van der Waals surface area contributed by atoms with Gasteiger partial charge >= 0.3 is 0 Å². The highest BCUT2D eigenvalue weighted by atomic mass is 35.5. The molecule has 0 aliphatic heterocycles. The molecule has 21 heavy (non-hydrogen) atoms. The Labute approximate surface area is 137 Å². The summed E-state index contributed by atoms with van der Waals surface area (Å²) in [6.07, 6.45) is 9.01. The summed E-state index contributed by atoms with van der Waals surface area (Å²) in [5.41, 5.74) is 7.49. The van der Waals surface area contributed by atoms with E-state index in [9.17, 15) is 4.79 Å². The van der Waals surface area contributed by atoms with Crippen LogP contribution in [0.3, 0.4) is 0 Å². The number of amides is 1. The molecule has 5 heteroatoms. The smallest absolute Gasteiger partial charge is 0.227 e. The van der Waals surface area contributed by atoms with Gasteiger partial charge in [0.2, 0.25) is 5.91 Å². The third-order valence-electron chi connectivity index (χ3n) is 4.83. The number of thiophene rings is 1. The van der Waals surface area contributed by atoms with Gasteiger partial charge in [-0.1, -0.05) is 19.3 Å². The topological polar surface area (TPSA) is 55.1 Å². The molecule has 1 aromatic heterocycles. The largest absolute Gasteiger partial charge is 0.354 e. The van der Waals surface area contributed by atoms with Gasteiger partial charge in [0.05, 0.1) is 5.92 Å². The maximum atomic E-state index is 12.5. The van der Waals surface area contributed by atoms with Crippen molar-refractivity contribution in [2.75, 3.05) is 6.54 Å². The molecule has 1 amide bonds. The van der Waals surface area contributed by atoms with Crippen molar-refractivity contribution in [2.45, 2.75) is 62.8 Å². The lowest BCUT2D eigenvalue weighted by Crippen LogP contribution is -2.52. The van der Waals surface area contributed by atoms with Gasteiger partial charge in [-0.05, 0) is 49.1 Å². The van der Waals surface area contributed by atoms with Crippen LogP contribution in [0.15, 0.2) is 11.4 Å². The van der Waals surface area contributed by atoms with E-state index >= 15 is 0 Å². The third kappa shape index (κ3) is 3.79. The van der Waals surface area contributed by atoms with Gasteiger partial charge < -0.3 is 11.1 Å². The van der Waals surface area contributed by atoms with Crippen LogP contribution < -0.4 is 11.1 Å². The fourth-order valence-electron chi connectivity index (χ4n) is 3.58. The van der Waals surface area contributed by atoms with Gasteiger partial charge in [0, 0.05) is 17.0 Å². The Kier molecular flexibility index (Phi) is 5.69. The molecule has 1 fully saturated rings. The van der Waals surface area contributed by atoms with Gasteiger partial charge in [-0.15, -0.1) is 23.7 Å². The molecule has 1 atom stereocenters. The molecule has 0 saturated heterocycles. The Morgan fingerprint density at radius 1 is 1.33 bits per heavy atom. The summed E-state index contributed by atoms with van der Waals surface area (Å²) in [5.74, 6) is 0.233.